The molecule has 0 aromatic carbocycles. The van der Waals surface area contributed by atoms with E-state index in [-0.39, 0.29) is 6.04 Å². The second kappa shape index (κ2) is 6.70. The maximum atomic E-state index is 5.99. The third kappa shape index (κ3) is 3.93. The molecule has 0 spiro atoms. The average molecular weight is 275 g/mol. The van der Waals surface area contributed by atoms with Gasteiger partial charge in [-0.05, 0) is 30.4 Å². The van der Waals surface area contributed by atoms with Crippen LogP contribution in [0.3, 0.4) is 0 Å². The Balaban J connectivity index is 2.01. The highest BCUT2D eigenvalue weighted by Gasteiger charge is 2.08. The van der Waals surface area contributed by atoms with Crippen LogP contribution in [0.2, 0.25) is 0 Å². The maximum Gasteiger partial charge on any atom is 0.146 e. The number of nitrogens with zero attached hydrogens (tertiary/aromatic N) is 4. The highest BCUT2D eigenvalue weighted by Crippen LogP contribution is 2.09. The molecule has 0 saturated carbocycles. The van der Waals surface area contributed by atoms with Crippen molar-refractivity contribution in [1.29, 1.82) is 0 Å². The number of hydrogen-bond donors (Lipinski definition) is 1. The number of nitrogens with two attached hydrogens (primary N) is 1. The van der Waals surface area contributed by atoms with Crippen molar-refractivity contribution >= 4 is 0 Å². The van der Waals surface area contributed by atoms with Gasteiger partial charge in [0, 0.05) is 25.0 Å². The highest BCUT2D eigenvalue weighted by molar-refractivity contribution is 5.12. The molecule has 0 bridgehead atoms. The predicted octanol–water partition coefficient (Wildman–Crippen LogP) is 2.06. The molecule has 110 valence electrons. The van der Waals surface area contributed by atoms with Crippen molar-refractivity contribution in [2.45, 2.75) is 52.7 Å². The summed E-state index contributed by atoms with van der Waals surface area (Å²) in [4.78, 5) is 4.36. The van der Waals surface area contributed by atoms with Gasteiger partial charge in [-0.1, -0.05) is 20.8 Å². The van der Waals surface area contributed by atoms with Gasteiger partial charge in [0.05, 0.1) is 6.54 Å². The van der Waals surface area contributed by atoms with Crippen LogP contribution in [0.25, 0.3) is 0 Å². The SMILES string of the molecule is CCC(N)Cc1ccn(Cc2ncnn2CC(C)C)c1. The van der Waals surface area contributed by atoms with Gasteiger partial charge < -0.3 is 10.3 Å². The third-order valence-electron chi connectivity index (χ3n) is 3.39. The van der Waals surface area contributed by atoms with E-state index in [2.05, 4.69) is 53.9 Å². The molecule has 0 amide bonds. The molecule has 5 nitrogen and oxygen atoms in total. The fourth-order valence-electron chi connectivity index (χ4n) is 2.23. The summed E-state index contributed by atoms with van der Waals surface area (Å²) in [6, 6.07) is 2.38. The molecule has 0 radical (unpaired) electrons. The van der Waals surface area contributed by atoms with Crippen molar-refractivity contribution in [2.75, 3.05) is 0 Å². The first kappa shape index (κ1) is 14.8. The molecule has 2 rings (SSSR count). The van der Waals surface area contributed by atoms with Crippen LogP contribution in [0.5, 0.6) is 0 Å². The Morgan fingerprint density at radius 2 is 2.15 bits per heavy atom. The van der Waals surface area contributed by atoms with Gasteiger partial charge in [-0.2, -0.15) is 5.10 Å². The molecular formula is C15H25N5. The molecule has 0 saturated heterocycles. The van der Waals surface area contributed by atoms with Crippen LogP contribution in [0.1, 0.15) is 38.6 Å². The van der Waals surface area contributed by atoms with Crippen molar-refractivity contribution in [3.05, 3.63) is 36.2 Å². The Labute approximate surface area is 120 Å². The number of hydrogen-bond acceptors (Lipinski definition) is 3. The van der Waals surface area contributed by atoms with Crippen LogP contribution >= 0.6 is 0 Å². The zero-order valence-corrected chi connectivity index (χ0v) is 12.7. The van der Waals surface area contributed by atoms with E-state index in [1.165, 1.54) is 5.56 Å². The summed E-state index contributed by atoms with van der Waals surface area (Å²) in [5.74, 6) is 1.57. The van der Waals surface area contributed by atoms with Gasteiger partial charge in [-0.15, -0.1) is 0 Å². The Hall–Kier alpha value is -1.62. The summed E-state index contributed by atoms with van der Waals surface area (Å²) in [6.07, 6.45) is 7.82. The highest BCUT2D eigenvalue weighted by atomic mass is 15.3. The summed E-state index contributed by atoms with van der Waals surface area (Å²) in [5, 5.41) is 4.29. The maximum absolute atomic E-state index is 5.99. The van der Waals surface area contributed by atoms with Crippen LogP contribution in [0.4, 0.5) is 0 Å². The smallest absolute Gasteiger partial charge is 0.146 e. The lowest BCUT2D eigenvalue weighted by molar-refractivity contribution is 0.461. The van der Waals surface area contributed by atoms with Gasteiger partial charge in [-0.3, -0.25) is 0 Å². The first-order valence-corrected chi connectivity index (χ1v) is 7.35. The monoisotopic (exact) mass is 275 g/mol. The molecule has 2 aromatic rings. The lowest BCUT2D eigenvalue weighted by atomic mass is 10.1. The molecule has 0 aliphatic rings. The van der Waals surface area contributed by atoms with Gasteiger partial charge in [0.2, 0.25) is 0 Å². The lowest BCUT2D eigenvalue weighted by Gasteiger charge is -2.09. The normalized spacial score (nSPS) is 13.1. The Morgan fingerprint density at radius 3 is 2.85 bits per heavy atom. The van der Waals surface area contributed by atoms with Gasteiger partial charge in [0.15, 0.2) is 0 Å². The van der Waals surface area contributed by atoms with Crippen LogP contribution in [-0.4, -0.2) is 25.4 Å². The van der Waals surface area contributed by atoms with Crippen LogP contribution in [-0.2, 0) is 19.5 Å². The van der Waals surface area contributed by atoms with Crippen molar-refractivity contribution in [3.8, 4) is 0 Å². The van der Waals surface area contributed by atoms with Crippen LogP contribution in [0.15, 0.2) is 24.8 Å². The number of aromatic nitrogens is 4. The van der Waals surface area contributed by atoms with Gasteiger partial charge in [0.1, 0.15) is 12.2 Å². The average Bonchev–Trinajstić information content (AvgIpc) is 3.00. The third-order valence-corrected chi connectivity index (χ3v) is 3.39. The second-order valence-corrected chi connectivity index (χ2v) is 5.82. The molecule has 1 atom stereocenters. The van der Waals surface area contributed by atoms with E-state index < -0.39 is 0 Å². The van der Waals surface area contributed by atoms with E-state index in [9.17, 15) is 0 Å². The van der Waals surface area contributed by atoms with Crippen LogP contribution in [0, 0.1) is 5.92 Å². The van der Waals surface area contributed by atoms with Crippen molar-refractivity contribution in [1.82, 2.24) is 19.3 Å². The first-order valence-electron chi connectivity index (χ1n) is 7.35. The summed E-state index contributed by atoms with van der Waals surface area (Å²) in [7, 11) is 0. The van der Waals surface area contributed by atoms with Gasteiger partial charge in [-0.25, -0.2) is 9.67 Å². The molecular weight excluding hydrogens is 250 g/mol. The fourth-order valence-corrected chi connectivity index (χ4v) is 2.23. The molecule has 0 aliphatic heterocycles. The topological polar surface area (TPSA) is 61.7 Å². The van der Waals surface area contributed by atoms with E-state index in [0.717, 1.165) is 31.8 Å². The predicted molar refractivity (Wildman–Crippen MR) is 80.4 cm³/mol. The minimum Gasteiger partial charge on any atom is -0.346 e. The standard InChI is InChI=1S/C15H25N5/c1-4-14(16)7-13-5-6-19(9-13)10-15-17-11-18-20(15)8-12(2)3/h5-6,9,11-12,14H,4,7-8,10,16H2,1-3H3. The van der Waals surface area contributed by atoms with Crippen molar-refractivity contribution in [3.63, 3.8) is 0 Å². The van der Waals surface area contributed by atoms with Gasteiger partial charge in [0.25, 0.3) is 0 Å². The number of rotatable bonds is 7. The molecule has 2 aromatic heterocycles. The minimum absolute atomic E-state index is 0.246. The molecule has 0 aliphatic carbocycles. The van der Waals surface area contributed by atoms with Crippen molar-refractivity contribution < 1.29 is 0 Å². The Kier molecular flexibility index (Phi) is 4.95. The Bertz CT molecular complexity index is 526. The van der Waals surface area contributed by atoms with E-state index in [1.807, 2.05) is 4.68 Å². The van der Waals surface area contributed by atoms with Crippen LogP contribution < -0.4 is 5.73 Å². The van der Waals surface area contributed by atoms with E-state index in [1.54, 1.807) is 6.33 Å². The largest absolute Gasteiger partial charge is 0.346 e. The van der Waals surface area contributed by atoms with E-state index in [4.69, 9.17) is 5.73 Å². The first-order chi connectivity index (χ1) is 9.58. The minimum atomic E-state index is 0.246. The zero-order chi connectivity index (χ0) is 14.5. The molecule has 20 heavy (non-hydrogen) atoms. The molecule has 2 heterocycles. The van der Waals surface area contributed by atoms with Gasteiger partial charge >= 0.3 is 0 Å². The fraction of sp³-hybridized carbons (Fsp3) is 0.600. The lowest BCUT2D eigenvalue weighted by Crippen LogP contribution is -2.21. The quantitative estimate of drug-likeness (QED) is 0.841. The van der Waals surface area contributed by atoms with Crippen molar-refractivity contribution in [2.24, 2.45) is 11.7 Å². The molecule has 2 N–H and O–H groups in total. The summed E-state index contributed by atoms with van der Waals surface area (Å²) < 4.78 is 4.14. The second-order valence-electron chi connectivity index (χ2n) is 5.82. The molecule has 0 fully saturated rings. The Morgan fingerprint density at radius 1 is 1.35 bits per heavy atom. The summed E-state index contributed by atoms with van der Waals surface area (Å²) in [6.45, 7) is 8.16. The molecule has 5 heteroatoms. The molecule has 1 unspecified atom stereocenters. The van der Waals surface area contributed by atoms with E-state index in [0.29, 0.717) is 5.92 Å². The summed E-state index contributed by atoms with van der Waals surface area (Å²) in [5.41, 5.74) is 7.28. The zero-order valence-electron chi connectivity index (χ0n) is 12.7. The summed E-state index contributed by atoms with van der Waals surface area (Å²) >= 11 is 0. The van der Waals surface area contributed by atoms with E-state index >= 15 is 0 Å².